The molecule has 26 heavy (non-hydrogen) atoms. The van der Waals surface area contributed by atoms with Gasteiger partial charge in [-0.3, -0.25) is 4.98 Å². The van der Waals surface area contributed by atoms with E-state index in [1.807, 2.05) is 18.2 Å². The van der Waals surface area contributed by atoms with Crippen molar-refractivity contribution in [1.82, 2.24) is 24.6 Å². The van der Waals surface area contributed by atoms with E-state index < -0.39 is 0 Å². The fourth-order valence-electron chi connectivity index (χ4n) is 2.67. The second-order valence-corrected chi connectivity index (χ2v) is 6.60. The minimum Gasteiger partial charge on any atom is -0.340 e. The molecule has 0 bridgehead atoms. The van der Waals surface area contributed by atoms with Gasteiger partial charge in [0.05, 0.1) is 5.69 Å². The maximum Gasteiger partial charge on any atom is 0.254 e. The van der Waals surface area contributed by atoms with Gasteiger partial charge in [-0.15, -0.1) is 5.10 Å². The second kappa shape index (κ2) is 6.55. The summed E-state index contributed by atoms with van der Waals surface area (Å²) in [6, 6.07) is 14.1. The van der Waals surface area contributed by atoms with Gasteiger partial charge in [-0.2, -0.15) is 9.50 Å². The van der Waals surface area contributed by atoms with E-state index in [9.17, 15) is 0 Å². The summed E-state index contributed by atoms with van der Waals surface area (Å²) in [7, 11) is 0. The zero-order valence-corrected chi connectivity index (χ0v) is 15.0. The van der Waals surface area contributed by atoms with E-state index in [4.69, 9.17) is 0 Å². The molecule has 0 saturated heterocycles. The molecule has 4 aromatic rings. The van der Waals surface area contributed by atoms with Crippen molar-refractivity contribution in [3.8, 4) is 11.4 Å². The van der Waals surface area contributed by atoms with Crippen LogP contribution in [0.3, 0.4) is 0 Å². The minimum atomic E-state index is 0.289. The molecule has 3 aromatic heterocycles. The lowest BCUT2D eigenvalue weighted by Gasteiger charge is -2.11. The summed E-state index contributed by atoms with van der Waals surface area (Å²) in [5, 5.41) is 8.08. The molecule has 0 spiro atoms. The summed E-state index contributed by atoms with van der Waals surface area (Å²) in [6.45, 7) is 6.31. The summed E-state index contributed by atoms with van der Waals surface area (Å²) in [5.74, 6) is 2.31. The smallest absolute Gasteiger partial charge is 0.254 e. The van der Waals surface area contributed by atoms with E-state index in [1.165, 1.54) is 5.56 Å². The quantitative estimate of drug-likeness (QED) is 0.596. The molecule has 6 nitrogen and oxygen atoms in total. The molecular formula is C20H20N6. The molecule has 0 unspecified atom stereocenters. The number of hydrogen-bond acceptors (Lipinski definition) is 5. The van der Waals surface area contributed by atoms with Gasteiger partial charge < -0.3 is 5.32 Å². The Morgan fingerprint density at radius 3 is 2.54 bits per heavy atom. The van der Waals surface area contributed by atoms with Crippen molar-refractivity contribution in [2.24, 2.45) is 0 Å². The Morgan fingerprint density at radius 1 is 1.04 bits per heavy atom. The van der Waals surface area contributed by atoms with Crippen LogP contribution in [0, 0.1) is 6.92 Å². The van der Waals surface area contributed by atoms with E-state index in [2.05, 4.69) is 70.4 Å². The van der Waals surface area contributed by atoms with Gasteiger partial charge in [-0.25, -0.2) is 4.98 Å². The highest BCUT2D eigenvalue weighted by molar-refractivity contribution is 5.62. The molecular weight excluding hydrogens is 324 g/mol. The maximum absolute atomic E-state index is 4.67. The number of fused-ring (bicyclic) bond motifs is 1. The number of anilines is 2. The Labute approximate surface area is 152 Å². The number of rotatable bonds is 4. The van der Waals surface area contributed by atoms with Crippen LogP contribution < -0.4 is 5.32 Å². The fourth-order valence-corrected chi connectivity index (χ4v) is 2.67. The predicted octanol–water partition coefficient (Wildman–Crippen LogP) is 4.36. The number of benzene rings is 1. The fraction of sp³-hybridized carbons (Fsp3) is 0.200. The summed E-state index contributed by atoms with van der Waals surface area (Å²) >= 11 is 0. The van der Waals surface area contributed by atoms with Gasteiger partial charge in [-0.05, 0) is 37.1 Å². The Bertz CT molecular complexity index is 1040. The SMILES string of the molecule is Cc1ccc(Nc2cc(C(C)C)nc3nc(-c4cccnc4)nn23)cc1. The molecule has 0 radical (unpaired) electrons. The van der Waals surface area contributed by atoms with Crippen LogP contribution in [-0.2, 0) is 0 Å². The molecule has 0 saturated carbocycles. The number of nitrogens with one attached hydrogen (secondary N) is 1. The molecule has 3 heterocycles. The van der Waals surface area contributed by atoms with Crippen molar-refractivity contribution < 1.29 is 0 Å². The highest BCUT2D eigenvalue weighted by atomic mass is 15.4. The first-order chi connectivity index (χ1) is 12.6. The normalized spacial score (nSPS) is 11.2. The highest BCUT2D eigenvalue weighted by Gasteiger charge is 2.14. The Morgan fingerprint density at radius 2 is 1.85 bits per heavy atom. The van der Waals surface area contributed by atoms with Crippen LogP contribution >= 0.6 is 0 Å². The first kappa shape index (κ1) is 16.2. The van der Waals surface area contributed by atoms with E-state index in [0.29, 0.717) is 11.6 Å². The van der Waals surface area contributed by atoms with Crippen LogP contribution in [0.25, 0.3) is 17.2 Å². The molecule has 6 heteroatoms. The average Bonchev–Trinajstić information content (AvgIpc) is 3.09. The molecule has 0 aliphatic carbocycles. The van der Waals surface area contributed by atoms with Crippen molar-refractivity contribution in [1.29, 1.82) is 0 Å². The Hall–Kier alpha value is -3.28. The van der Waals surface area contributed by atoms with Gasteiger partial charge >= 0.3 is 0 Å². The van der Waals surface area contributed by atoms with Crippen LogP contribution in [0.15, 0.2) is 54.9 Å². The van der Waals surface area contributed by atoms with Crippen LogP contribution in [0.1, 0.15) is 31.0 Å². The van der Waals surface area contributed by atoms with Crippen molar-refractivity contribution in [3.05, 3.63) is 66.1 Å². The minimum absolute atomic E-state index is 0.289. The van der Waals surface area contributed by atoms with Crippen molar-refractivity contribution in [2.45, 2.75) is 26.7 Å². The van der Waals surface area contributed by atoms with Crippen LogP contribution in [0.4, 0.5) is 11.5 Å². The second-order valence-electron chi connectivity index (χ2n) is 6.60. The van der Waals surface area contributed by atoms with E-state index in [0.717, 1.165) is 22.8 Å². The Balaban J connectivity index is 1.83. The number of hydrogen-bond donors (Lipinski definition) is 1. The van der Waals surface area contributed by atoms with Crippen molar-refractivity contribution in [2.75, 3.05) is 5.32 Å². The maximum atomic E-state index is 4.67. The predicted molar refractivity (Wildman–Crippen MR) is 103 cm³/mol. The van der Waals surface area contributed by atoms with Crippen molar-refractivity contribution in [3.63, 3.8) is 0 Å². The summed E-state index contributed by atoms with van der Waals surface area (Å²) in [6.07, 6.45) is 3.49. The van der Waals surface area contributed by atoms with Gasteiger partial charge in [0.15, 0.2) is 5.82 Å². The third kappa shape index (κ3) is 3.13. The molecule has 0 fully saturated rings. The first-order valence-corrected chi connectivity index (χ1v) is 8.62. The standard InChI is InChI=1S/C20H20N6/c1-13(2)17-11-18(22-16-8-6-14(3)7-9-16)26-20(23-17)24-19(25-26)15-5-4-10-21-12-15/h4-13,22H,1-3H3. The Kier molecular flexibility index (Phi) is 4.08. The van der Waals surface area contributed by atoms with E-state index in [-0.39, 0.29) is 5.92 Å². The summed E-state index contributed by atoms with van der Waals surface area (Å²) in [5.41, 5.74) is 4.05. The molecule has 130 valence electrons. The van der Waals surface area contributed by atoms with Gasteiger partial charge in [-0.1, -0.05) is 31.5 Å². The zero-order chi connectivity index (χ0) is 18.1. The summed E-state index contributed by atoms with van der Waals surface area (Å²) < 4.78 is 1.74. The number of aromatic nitrogens is 5. The number of nitrogens with zero attached hydrogens (tertiary/aromatic N) is 5. The molecule has 0 aliphatic heterocycles. The highest BCUT2D eigenvalue weighted by Crippen LogP contribution is 2.24. The van der Waals surface area contributed by atoms with Crippen LogP contribution in [-0.4, -0.2) is 24.6 Å². The third-order valence-corrected chi connectivity index (χ3v) is 4.17. The largest absolute Gasteiger partial charge is 0.340 e. The molecule has 0 aliphatic rings. The molecule has 1 aromatic carbocycles. The number of pyridine rings is 1. The molecule has 0 amide bonds. The first-order valence-electron chi connectivity index (χ1n) is 8.62. The summed E-state index contributed by atoms with van der Waals surface area (Å²) in [4.78, 5) is 13.4. The zero-order valence-electron chi connectivity index (χ0n) is 15.0. The van der Waals surface area contributed by atoms with Crippen LogP contribution in [0.5, 0.6) is 0 Å². The average molecular weight is 344 g/mol. The lowest BCUT2D eigenvalue weighted by atomic mass is 10.1. The molecule has 1 N–H and O–H groups in total. The third-order valence-electron chi connectivity index (χ3n) is 4.17. The van der Waals surface area contributed by atoms with Crippen molar-refractivity contribution >= 4 is 17.3 Å². The van der Waals surface area contributed by atoms with Gasteiger partial charge in [0, 0.05) is 29.7 Å². The topological polar surface area (TPSA) is 68.0 Å². The van der Waals surface area contributed by atoms with Crippen LogP contribution in [0.2, 0.25) is 0 Å². The number of aryl methyl sites for hydroxylation is 1. The lowest BCUT2D eigenvalue weighted by molar-refractivity contribution is 0.809. The molecule has 4 rings (SSSR count). The van der Waals surface area contributed by atoms with Gasteiger partial charge in [0.1, 0.15) is 5.82 Å². The lowest BCUT2D eigenvalue weighted by Crippen LogP contribution is -2.05. The van der Waals surface area contributed by atoms with E-state index >= 15 is 0 Å². The van der Waals surface area contributed by atoms with Gasteiger partial charge in [0.2, 0.25) is 0 Å². The monoisotopic (exact) mass is 344 g/mol. The van der Waals surface area contributed by atoms with E-state index in [1.54, 1.807) is 16.9 Å². The van der Waals surface area contributed by atoms with Gasteiger partial charge in [0.25, 0.3) is 5.78 Å². The molecule has 0 atom stereocenters.